The fraction of sp³-hybridized carbons (Fsp3) is 0.250. The van der Waals surface area contributed by atoms with Crippen molar-refractivity contribution in [3.63, 3.8) is 0 Å². The highest BCUT2D eigenvalue weighted by Crippen LogP contribution is 2.26. The first-order valence-corrected chi connectivity index (χ1v) is 3.98. The molecule has 13 heavy (non-hydrogen) atoms. The van der Waals surface area contributed by atoms with Crippen molar-refractivity contribution in [2.24, 2.45) is 0 Å². The first kappa shape index (κ1) is 9.95. The largest absolute Gasteiger partial charge is 0.392 e. The molecule has 0 aromatic heterocycles. The predicted molar refractivity (Wildman–Crippen MR) is 48.8 cm³/mol. The maximum absolute atomic E-state index is 10.5. The topological polar surface area (TPSA) is 63.4 Å². The Hall–Kier alpha value is -1.13. The average molecular weight is 202 g/mol. The van der Waals surface area contributed by atoms with Gasteiger partial charge in [-0.25, -0.2) is 0 Å². The molecule has 0 fully saturated rings. The Morgan fingerprint density at radius 1 is 1.62 bits per heavy atom. The van der Waals surface area contributed by atoms with Crippen LogP contribution in [0.2, 0.25) is 5.02 Å². The van der Waals surface area contributed by atoms with Crippen molar-refractivity contribution in [2.75, 3.05) is 0 Å². The first-order chi connectivity index (χ1) is 6.06. The van der Waals surface area contributed by atoms with E-state index in [1.165, 1.54) is 12.1 Å². The van der Waals surface area contributed by atoms with Gasteiger partial charge in [0.1, 0.15) is 0 Å². The summed E-state index contributed by atoms with van der Waals surface area (Å²) in [6.45, 7) is 1.34. The van der Waals surface area contributed by atoms with Crippen LogP contribution >= 0.6 is 11.6 Å². The number of halogens is 1. The van der Waals surface area contributed by atoms with E-state index in [9.17, 15) is 10.1 Å². The number of hydrogen-bond donors (Lipinski definition) is 1. The summed E-state index contributed by atoms with van der Waals surface area (Å²) in [7, 11) is 0. The fourth-order valence-corrected chi connectivity index (χ4v) is 1.31. The van der Waals surface area contributed by atoms with Crippen LogP contribution < -0.4 is 0 Å². The Morgan fingerprint density at radius 3 is 2.69 bits per heavy atom. The lowest BCUT2D eigenvalue weighted by Crippen LogP contribution is -1.96. The van der Waals surface area contributed by atoms with E-state index in [1.54, 1.807) is 6.92 Å². The van der Waals surface area contributed by atoms with Crippen molar-refractivity contribution < 1.29 is 10.0 Å². The van der Waals surface area contributed by atoms with Crippen molar-refractivity contribution in [1.82, 2.24) is 0 Å². The summed E-state index contributed by atoms with van der Waals surface area (Å²) in [6, 6.07) is 2.79. The van der Waals surface area contributed by atoms with Crippen molar-refractivity contribution >= 4 is 17.3 Å². The highest BCUT2D eigenvalue weighted by molar-refractivity contribution is 6.30. The lowest BCUT2D eigenvalue weighted by Gasteiger charge is -2.03. The smallest absolute Gasteiger partial charge is 0.274 e. The van der Waals surface area contributed by atoms with Gasteiger partial charge in [0.15, 0.2) is 0 Å². The lowest BCUT2D eigenvalue weighted by molar-refractivity contribution is -0.385. The Bertz CT molecular complexity index is 351. The number of hydrogen-bond acceptors (Lipinski definition) is 3. The SMILES string of the molecule is Cc1c(CO)cc(Cl)cc1[N+](=O)[O-]. The van der Waals surface area contributed by atoms with Gasteiger partial charge >= 0.3 is 0 Å². The molecule has 1 N–H and O–H groups in total. The molecular formula is C8H8ClNO3. The zero-order chi connectivity index (χ0) is 10.0. The monoisotopic (exact) mass is 201 g/mol. The van der Waals surface area contributed by atoms with Gasteiger partial charge in [0, 0.05) is 16.7 Å². The normalized spacial score (nSPS) is 10.1. The number of nitro benzene ring substituents is 1. The molecule has 4 nitrogen and oxygen atoms in total. The zero-order valence-corrected chi connectivity index (χ0v) is 7.71. The number of aliphatic hydroxyl groups is 1. The molecule has 0 heterocycles. The van der Waals surface area contributed by atoms with Crippen LogP contribution in [-0.4, -0.2) is 10.0 Å². The zero-order valence-electron chi connectivity index (χ0n) is 6.95. The minimum Gasteiger partial charge on any atom is -0.392 e. The molecule has 0 unspecified atom stereocenters. The van der Waals surface area contributed by atoms with Gasteiger partial charge in [-0.05, 0) is 18.6 Å². The summed E-state index contributed by atoms with van der Waals surface area (Å²) >= 11 is 5.63. The van der Waals surface area contributed by atoms with E-state index >= 15 is 0 Å². The minimum atomic E-state index is -0.514. The van der Waals surface area contributed by atoms with Gasteiger partial charge in [0.05, 0.1) is 11.5 Å². The van der Waals surface area contributed by atoms with E-state index in [-0.39, 0.29) is 17.3 Å². The molecule has 1 aromatic carbocycles. The van der Waals surface area contributed by atoms with Crippen molar-refractivity contribution in [2.45, 2.75) is 13.5 Å². The van der Waals surface area contributed by atoms with Gasteiger partial charge in [-0.1, -0.05) is 11.6 Å². The third-order valence-electron chi connectivity index (χ3n) is 1.82. The van der Waals surface area contributed by atoms with E-state index in [0.29, 0.717) is 11.1 Å². The summed E-state index contributed by atoms with van der Waals surface area (Å²) < 4.78 is 0. The Labute approximate surface area is 79.9 Å². The molecule has 0 saturated heterocycles. The van der Waals surface area contributed by atoms with Crippen LogP contribution in [0.3, 0.4) is 0 Å². The van der Waals surface area contributed by atoms with Gasteiger partial charge in [-0.3, -0.25) is 10.1 Å². The molecule has 70 valence electrons. The molecule has 0 spiro atoms. The number of benzene rings is 1. The second-order valence-electron chi connectivity index (χ2n) is 2.62. The van der Waals surface area contributed by atoms with Crippen LogP contribution in [0.5, 0.6) is 0 Å². The van der Waals surface area contributed by atoms with Gasteiger partial charge in [-0.2, -0.15) is 0 Å². The molecule has 0 amide bonds. The Balaban J connectivity index is 3.35. The van der Waals surface area contributed by atoms with Crippen LogP contribution in [0.15, 0.2) is 12.1 Å². The quantitative estimate of drug-likeness (QED) is 0.588. The standard InChI is InChI=1S/C8H8ClNO3/c1-5-6(4-11)2-7(9)3-8(5)10(12)13/h2-3,11H,4H2,1H3. The summed E-state index contributed by atoms with van der Waals surface area (Å²) in [5, 5.41) is 19.6. The molecule has 1 rings (SSSR count). The van der Waals surface area contributed by atoms with Crippen LogP contribution in [0.25, 0.3) is 0 Å². The summed E-state index contributed by atoms with van der Waals surface area (Å²) in [5.41, 5.74) is 0.882. The van der Waals surface area contributed by atoms with Crippen molar-refractivity contribution in [3.05, 3.63) is 38.4 Å². The van der Waals surface area contributed by atoms with E-state index in [1.807, 2.05) is 0 Å². The number of nitro groups is 1. The molecule has 0 aliphatic rings. The van der Waals surface area contributed by atoms with Crippen molar-refractivity contribution in [1.29, 1.82) is 0 Å². The summed E-state index contributed by atoms with van der Waals surface area (Å²) in [5.74, 6) is 0. The van der Waals surface area contributed by atoms with Crippen molar-refractivity contribution in [3.8, 4) is 0 Å². The molecule has 0 saturated carbocycles. The molecule has 0 radical (unpaired) electrons. The van der Waals surface area contributed by atoms with Crippen LogP contribution in [0.1, 0.15) is 11.1 Å². The number of rotatable bonds is 2. The van der Waals surface area contributed by atoms with Gasteiger partial charge < -0.3 is 5.11 Å². The molecule has 5 heteroatoms. The molecule has 0 aliphatic carbocycles. The van der Waals surface area contributed by atoms with E-state index < -0.39 is 4.92 Å². The van der Waals surface area contributed by atoms with E-state index in [4.69, 9.17) is 16.7 Å². The molecular weight excluding hydrogens is 194 g/mol. The molecule has 0 aliphatic heterocycles. The third kappa shape index (κ3) is 1.96. The summed E-state index contributed by atoms with van der Waals surface area (Å²) in [4.78, 5) is 9.99. The second kappa shape index (κ2) is 3.72. The summed E-state index contributed by atoms with van der Waals surface area (Å²) in [6.07, 6.45) is 0. The first-order valence-electron chi connectivity index (χ1n) is 3.60. The molecule has 1 aromatic rings. The van der Waals surface area contributed by atoms with E-state index in [2.05, 4.69) is 0 Å². The molecule has 0 bridgehead atoms. The van der Waals surface area contributed by atoms with Crippen LogP contribution in [-0.2, 0) is 6.61 Å². The van der Waals surface area contributed by atoms with E-state index in [0.717, 1.165) is 0 Å². The Morgan fingerprint density at radius 2 is 2.23 bits per heavy atom. The van der Waals surface area contributed by atoms with Crippen LogP contribution in [0.4, 0.5) is 5.69 Å². The Kier molecular flexibility index (Phi) is 2.85. The highest BCUT2D eigenvalue weighted by Gasteiger charge is 2.14. The maximum Gasteiger partial charge on any atom is 0.274 e. The maximum atomic E-state index is 10.5. The average Bonchev–Trinajstić information content (AvgIpc) is 2.08. The lowest BCUT2D eigenvalue weighted by atomic mass is 10.1. The van der Waals surface area contributed by atoms with Gasteiger partial charge in [0.25, 0.3) is 5.69 Å². The molecule has 0 atom stereocenters. The highest BCUT2D eigenvalue weighted by atomic mass is 35.5. The van der Waals surface area contributed by atoms with Gasteiger partial charge in [-0.15, -0.1) is 0 Å². The third-order valence-corrected chi connectivity index (χ3v) is 2.04. The van der Waals surface area contributed by atoms with Crippen LogP contribution in [0, 0.1) is 17.0 Å². The second-order valence-corrected chi connectivity index (χ2v) is 3.06. The minimum absolute atomic E-state index is 0.0587. The number of aliphatic hydroxyl groups excluding tert-OH is 1. The number of nitrogens with zero attached hydrogens (tertiary/aromatic N) is 1. The van der Waals surface area contributed by atoms with Gasteiger partial charge in [0.2, 0.25) is 0 Å². The predicted octanol–water partition coefficient (Wildman–Crippen LogP) is 2.05. The fourth-order valence-electron chi connectivity index (χ4n) is 1.07.